The van der Waals surface area contributed by atoms with Gasteiger partial charge in [0.05, 0.1) is 0 Å². The molecule has 1 aliphatic heterocycles. The molecule has 0 bridgehead atoms. The fourth-order valence-electron chi connectivity index (χ4n) is 1.28. The Morgan fingerprint density at radius 2 is 2.50 bits per heavy atom. The maximum atomic E-state index is 4.29. The van der Waals surface area contributed by atoms with Gasteiger partial charge in [0.2, 0.25) is 0 Å². The van der Waals surface area contributed by atoms with Gasteiger partial charge in [-0.25, -0.2) is 5.32 Å². The van der Waals surface area contributed by atoms with Crippen LogP contribution in [0.15, 0.2) is 18.2 Å². The van der Waals surface area contributed by atoms with E-state index in [1.807, 2.05) is 12.1 Å². The zero-order valence-corrected chi connectivity index (χ0v) is 5.80. The van der Waals surface area contributed by atoms with Crippen LogP contribution in [0.25, 0.3) is 0 Å². The number of benzene rings is 1. The van der Waals surface area contributed by atoms with Crippen molar-refractivity contribution >= 4 is 0 Å². The molecule has 1 heterocycles. The minimum Gasteiger partial charge on any atom is -0.237 e. The van der Waals surface area contributed by atoms with Crippen LogP contribution < -0.4 is 5.32 Å². The summed E-state index contributed by atoms with van der Waals surface area (Å²) in [6, 6.07) is 9.37. The molecule has 0 saturated heterocycles. The van der Waals surface area contributed by atoms with Gasteiger partial charge < -0.3 is 0 Å². The fraction of sp³-hybridized carbons (Fsp3) is 0.333. The molecule has 0 aliphatic carbocycles. The summed E-state index contributed by atoms with van der Waals surface area (Å²) < 4.78 is 0. The fourth-order valence-corrected chi connectivity index (χ4v) is 1.28. The van der Waals surface area contributed by atoms with E-state index in [0.717, 1.165) is 19.5 Å². The van der Waals surface area contributed by atoms with Gasteiger partial charge in [-0.15, -0.1) is 0 Å². The molecule has 50 valence electrons. The van der Waals surface area contributed by atoms with Crippen molar-refractivity contribution in [2.45, 2.75) is 13.0 Å². The summed E-state index contributed by atoms with van der Waals surface area (Å²) in [7, 11) is 0. The van der Waals surface area contributed by atoms with Crippen molar-refractivity contribution < 1.29 is 0 Å². The summed E-state index contributed by atoms with van der Waals surface area (Å²) in [6.07, 6.45) is 1.10. The summed E-state index contributed by atoms with van der Waals surface area (Å²) >= 11 is 0. The molecule has 0 atom stereocenters. The van der Waals surface area contributed by atoms with E-state index < -0.39 is 0 Å². The summed E-state index contributed by atoms with van der Waals surface area (Å²) in [5.41, 5.74) is 2.71. The average molecular weight is 131 g/mol. The molecule has 1 nitrogen and oxygen atoms in total. The zero-order valence-electron chi connectivity index (χ0n) is 5.80. The molecular formula is C9H9N. The topological polar surface area (TPSA) is 14.1 Å². The highest BCUT2D eigenvalue weighted by Crippen LogP contribution is 2.12. The van der Waals surface area contributed by atoms with E-state index in [9.17, 15) is 0 Å². The van der Waals surface area contributed by atoms with E-state index in [1.54, 1.807) is 0 Å². The van der Waals surface area contributed by atoms with Crippen LogP contribution in [0.3, 0.4) is 0 Å². The maximum Gasteiger partial charge on any atom is 0.0393 e. The molecule has 2 radical (unpaired) electrons. The summed E-state index contributed by atoms with van der Waals surface area (Å²) in [4.78, 5) is 0. The Balaban J connectivity index is 2.41. The van der Waals surface area contributed by atoms with Gasteiger partial charge in [0.1, 0.15) is 0 Å². The van der Waals surface area contributed by atoms with Gasteiger partial charge in [-0.05, 0) is 23.6 Å². The first kappa shape index (κ1) is 5.93. The Labute approximate surface area is 61.1 Å². The van der Waals surface area contributed by atoms with Crippen molar-refractivity contribution in [1.82, 2.24) is 5.32 Å². The molecule has 1 aromatic carbocycles. The van der Waals surface area contributed by atoms with E-state index in [1.165, 1.54) is 11.1 Å². The minimum absolute atomic E-state index is 0.871. The second-order valence-corrected chi connectivity index (χ2v) is 2.53. The monoisotopic (exact) mass is 131 g/mol. The molecule has 0 saturated carbocycles. The first-order valence-electron chi connectivity index (χ1n) is 3.58. The van der Waals surface area contributed by atoms with Crippen molar-refractivity contribution in [1.29, 1.82) is 0 Å². The van der Waals surface area contributed by atoms with Crippen molar-refractivity contribution in [3.63, 3.8) is 0 Å². The molecule has 1 aliphatic rings. The van der Waals surface area contributed by atoms with Crippen LogP contribution in [0.2, 0.25) is 0 Å². The van der Waals surface area contributed by atoms with Crippen molar-refractivity contribution in [3.8, 4) is 0 Å². The van der Waals surface area contributed by atoms with Crippen molar-refractivity contribution in [2.24, 2.45) is 0 Å². The second-order valence-electron chi connectivity index (χ2n) is 2.53. The number of hydrogen-bond acceptors (Lipinski definition) is 0. The molecule has 0 spiro atoms. The maximum absolute atomic E-state index is 4.29. The van der Waals surface area contributed by atoms with Gasteiger partial charge in [-0.3, -0.25) is 0 Å². The Morgan fingerprint density at radius 3 is 3.40 bits per heavy atom. The first-order valence-corrected chi connectivity index (χ1v) is 3.58. The third-order valence-electron chi connectivity index (χ3n) is 1.85. The summed E-state index contributed by atoms with van der Waals surface area (Å²) in [5, 5.41) is 4.29. The molecule has 2 rings (SSSR count). The van der Waals surface area contributed by atoms with E-state index in [2.05, 4.69) is 17.4 Å². The number of rotatable bonds is 0. The minimum atomic E-state index is 0.871. The molecule has 1 aromatic rings. The van der Waals surface area contributed by atoms with Crippen LogP contribution >= 0.6 is 0 Å². The standard InChI is InChI=1S/C9H9N/c1-2-4-9-7-10-6-5-8(9)3-1/h1-3H,5-7H2. The normalized spacial score (nSPS) is 16.4. The summed E-state index contributed by atoms with van der Waals surface area (Å²) in [5.74, 6) is 0. The van der Waals surface area contributed by atoms with Crippen LogP contribution in [0.1, 0.15) is 11.1 Å². The Kier molecular flexibility index (Phi) is 1.44. The van der Waals surface area contributed by atoms with Gasteiger partial charge in [-0.1, -0.05) is 18.2 Å². The lowest BCUT2D eigenvalue weighted by atomic mass is 10.0. The highest BCUT2D eigenvalue weighted by atomic mass is 14.9. The molecule has 0 amide bonds. The average Bonchev–Trinajstić information content (AvgIpc) is 2.05. The lowest BCUT2D eigenvalue weighted by Gasteiger charge is -2.13. The SMILES string of the molecule is [c]1cccc2c1C[N]CC2. The molecule has 0 N–H and O–H groups in total. The highest BCUT2D eigenvalue weighted by Gasteiger charge is 2.06. The molecule has 1 heteroatoms. The third-order valence-corrected chi connectivity index (χ3v) is 1.85. The first-order chi connectivity index (χ1) is 4.97. The molecule has 0 fully saturated rings. The molecule has 0 unspecified atom stereocenters. The Hall–Kier alpha value is -0.820. The van der Waals surface area contributed by atoms with Crippen LogP contribution in [0.5, 0.6) is 0 Å². The second kappa shape index (κ2) is 2.43. The molecular weight excluding hydrogens is 122 g/mol. The van der Waals surface area contributed by atoms with E-state index >= 15 is 0 Å². The van der Waals surface area contributed by atoms with Crippen LogP contribution in [-0.2, 0) is 13.0 Å². The lowest BCUT2D eigenvalue weighted by Crippen LogP contribution is -2.17. The van der Waals surface area contributed by atoms with Crippen molar-refractivity contribution in [2.75, 3.05) is 6.54 Å². The van der Waals surface area contributed by atoms with Crippen LogP contribution in [0, 0.1) is 6.07 Å². The van der Waals surface area contributed by atoms with Gasteiger partial charge in [-0.2, -0.15) is 0 Å². The number of hydrogen-bond donors (Lipinski definition) is 0. The quantitative estimate of drug-likeness (QED) is 0.501. The Morgan fingerprint density at radius 1 is 1.50 bits per heavy atom. The zero-order chi connectivity index (χ0) is 6.81. The number of nitrogens with zero attached hydrogens (tertiary/aromatic N) is 1. The number of fused-ring (bicyclic) bond motifs is 1. The van der Waals surface area contributed by atoms with Crippen molar-refractivity contribution in [3.05, 3.63) is 35.4 Å². The van der Waals surface area contributed by atoms with E-state index in [-0.39, 0.29) is 0 Å². The highest BCUT2D eigenvalue weighted by molar-refractivity contribution is 5.27. The van der Waals surface area contributed by atoms with Gasteiger partial charge >= 0.3 is 0 Å². The molecule has 10 heavy (non-hydrogen) atoms. The predicted molar refractivity (Wildman–Crippen MR) is 39.7 cm³/mol. The van der Waals surface area contributed by atoms with Crippen LogP contribution in [0.4, 0.5) is 0 Å². The van der Waals surface area contributed by atoms with E-state index in [0.29, 0.717) is 0 Å². The lowest BCUT2D eigenvalue weighted by molar-refractivity contribution is 0.629. The Bertz CT molecular complexity index is 205. The van der Waals surface area contributed by atoms with Gasteiger partial charge in [0.25, 0.3) is 0 Å². The van der Waals surface area contributed by atoms with Crippen LogP contribution in [-0.4, -0.2) is 6.54 Å². The largest absolute Gasteiger partial charge is 0.237 e. The van der Waals surface area contributed by atoms with Gasteiger partial charge in [0.15, 0.2) is 0 Å². The third kappa shape index (κ3) is 0.929. The smallest absolute Gasteiger partial charge is 0.0393 e. The summed E-state index contributed by atoms with van der Waals surface area (Å²) in [6.45, 7) is 1.86. The molecule has 0 aromatic heterocycles. The van der Waals surface area contributed by atoms with E-state index in [4.69, 9.17) is 0 Å². The van der Waals surface area contributed by atoms with Gasteiger partial charge in [0, 0.05) is 13.1 Å². The predicted octanol–water partition coefficient (Wildman–Crippen LogP) is 1.15.